The largest absolute Gasteiger partial charge is 0.481 e. The average molecular weight is 236 g/mol. The molecule has 0 heterocycles. The molecule has 0 aromatic heterocycles. The summed E-state index contributed by atoms with van der Waals surface area (Å²) in [5, 5.41) is 8.82. The molecule has 0 radical (unpaired) electrons. The highest BCUT2D eigenvalue weighted by Gasteiger charge is 2.45. The summed E-state index contributed by atoms with van der Waals surface area (Å²) >= 11 is 0. The molecule has 0 unspecified atom stereocenters. The molecule has 0 bridgehead atoms. The summed E-state index contributed by atoms with van der Waals surface area (Å²) < 4.78 is 0. The number of carboxylic acid groups (broad SMARTS) is 1. The molecule has 0 fully saturated rings. The monoisotopic (exact) mass is 236 g/mol. The zero-order valence-corrected chi connectivity index (χ0v) is 10.1. The Morgan fingerprint density at radius 3 is 2.59 bits per heavy atom. The Bertz CT molecular complexity index is 442. The number of allylic oxidation sites excluding steroid dienone is 2. The summed E-state index contributed by atoms with van der Waals surface area (Å²) in [7, 11) is 0. The maximum absolute atomic E-state index is 12.0. The molecule has 4 nitrogen and oxygen atoms in total. The second kappa shape index (κ2) is 3.79. The molecule has 1 N–H and O–H groups in total. The van der Waals surface area contributed by atoms with Crippen LogP contribution < -0.4 is 0 Å². The first-order valence-corrected chi connectivity index (χ1v) is 5.86. The van der Waals surface area contributed by atoms with E-state index in [9.17, 15) is 14.4 Å². The molecule has 1 atom stereocenters. The molecular weight excluding hydrogens is 220 g/mol. The van der Waals surface area contributed by atoms with Gasteiger partial charge in [-0.1, -0.05) is 13.8 Å². The number of hydrogen-bond donors (Lipinski definition) is 1. The third kappa shape index (κ3) is 1.92. The average Bonchev–Trinajstić information content (AvgIpc) is 2.50. The lowest BCUT2D eigenvalue weighted by molar-refractivity contribution is -0.137. The van der Waals surface area contributed by atoms with Gasteiger partial charge in [0.25, 0.3) is 0 Å². The fourth-order valence-corrected chi connectivity index (χ4v) is 2.96. The van der Waals surface area contributed by atoms with Crippen molar-refractivity contribution in [3.05, 3.63) is 11.1 Å². The maximum Gasteiger partial charge on any atom is 0.303 e. The minimum Gasteiger partial charge on any atom is -0.481 e. The van der Waals surface area contributed by atoms with Crippen LogP contribution in [0, 0.1) is 11.3 Å². The molecular formula is C13H16O4. The van der Waals surface area contributed by atoms with Gasteiger partial charge < -0.3 is 5.11 Å². The van der Waals surface area contributed by atoms with Gasteiger partial charge in [-0.15, -0.1) is 0 Å². The van der Waals surface area contributed by atoms with Crippen molar-refractivity contribution >= 4 is 17.5 Å². The molecule has 2 aliphatic carbocycles. The highest BCUT2D eigenvalue weighted by molar-refractivity contribution is 6.12. The molecule has 0 spiro atoms. The van der Waals surface area contributed by atoms with Gasteiger partial charge >= 0.3 is 5.97 Å². The van der Waals surface area contributed by atoms with Gasteiger partial charge in [-0.3, -0.25) is 14.4 Å². The van der Waals surface area contributed by atoms with E-state index in [2.05, 4.69) is 0 Å². The Labute approximate surface area is 99.7 Å². The molecule has 92 valence electrons. The van der Waals surface area contributed by atoms with Crippen LogP contribution in [0.5, 0.6) is 0 Å². The molecule has 0 aromatic rings. The quantitative estimate of drug-likeness (QED) is 0.792. The molecule has 4 heteroatoms. The zero-order valence-electron chi connectivity index (χ0n) is 10.1. The van der Waals surface area contributed by atoms with Gasteiger partial charge in [-0.25, -0.2) is 0 Å². The Morgan fingerprint density at radius 2 is 2.00 bits per heavy atom. The molecule has 0 saturated heterocycles. The van der Waals surface area contributed by atoms with Gasteiger partial charge in [0.1, 0.15) is 0 Å². The van der Waals surface area contributed by atoms with E-state index in [4.69, 9.17) is 5.11 Å². The molecule has 0 saturated carbocycles. The van der Waals surface area contributed by atoms with E-state index in [-0.39, 0.29) is 29.8 Å². The van der Waals surface area contributed by atoms with Crippen molar-refractivity contribution in [3.8, 4) is 0 Å². The number of carbonyl (C=O) groups is 3. The molecule has 2 aliphatic rings. The fourth-order valence-electron chi connectivity index (χ4n) is 2.96. The van der Waals surface area contributed by atoms with Crippen molar-refractivity contribution in [2.24, 2.45) is 11.3 Å². The lowest BCUT2D eigenvalue weighted by Gasteiger charge is -2.31. The van der Waals surface area contributed by atoms with Crippen LogP contribution in [-0.2, 0) is 14.4 Å². The highest BCUT2D eigenvalue weighted by Crippen LogP contribution is 2.47. The zero-order chi connectivity index (χ0) is 12.8. The predicted octanol–water partition coefficient (Wildman–Crippen LogP) is 1.74. The SMILES string of the molecule is CC1(C)CCC(=O)C2=C1C(=O)C[C@H]2CC(=O)O. The maximum atomic E-state index is 12.0. The van der Waals surface area contributed by atoms with E-state index in [0.29, 0.717) is 24.0 Å². The summed E-state index contributed by atoms with van der Waals surface area (Å²) in [6.07, 6.45) is 1.17. The summed E-state index contributed by atoms with van der Waals surface area (Å²) in [6.45, 7) is 3.91. The number of rotatable bonds is 2. The summed E-state index contributed by atoms with van der Waals surface area (Å²) in [5.74, 6) is -1.42. The van der Waals surface area contributed by atoms with E-state index < -0.39 is 11.9 Å². The number of Topliss-reactive ketones (excluding diaryl/α,β-unsaturated/α-hetero) is 2. The van der Waals surface area contributed by atoms with Gasteiger partial charge in [0, 0.05) is 29.9 Å². The molecule has 17 heavy (non-hydrogen) atoms. The minimum absolute atomic E-state index is 0.0311. The minimum atomic E-state index is -0.951. The summed E-state index contributed by atoms with van der Waals surface area (Å²) in [5.41, 5.74) is 0.821. The van der Waals surface area contributed by atoms with Crippen LogP contribution in [-0.4, -0.2) is 22.6 Å². The van der Waals surface area contributed by atoms with Gasteiger partial charge in [-0.05, 0) is 11.8 Å². The number of carboxylic acids is 1. The Morgan fingerprint density at radius 1 is 1.35 bits per heavy atom. The Balaban J connectivity index is 2.45. The second-order valence-corrected chi connectivity index (χ2v) is 5.52. The first-order valence-electron chi connectivity index (χ1n) is 5.86. The van der Waals surface area contributed by atoms with Crippen molar-refractivity contribution in [3.63, 3.8) is 0 Å². The van der Waals surface area contributed by atoms with Gasteiger partial charge in [0.2, 0.25) is 0 Å². The Hall–Kier alpha value is -1.45. The van der Waals surface area contributed by atoms with Gasteiger partial charge in [0.05, 0.1) is 6.42 Å². The lowest BCUT2D eigenvalue weighted by Crippen LogP contribution is -2.28. The summed E-state index contributed by atoms with van der Waals surface area (Å²) in [4.78, 5) is 34.6. The van der Waals surface area contributed by atoms with Crippen LogP contribution in [0.1, 0.15) is 39.5 Å². The number of carbonyl (C=O) groups excluding carboxylic acids is 2. The third-order valence-electron chi connectivity index (χ3n) is 3.76. The van der Waals surface area contributed by atoms with E-state index in [1.165, 1.54) is 0 Å². The van der Waals surface area contributed by atoms with Crippen molar-refractivity contribution in [1.82, 2.24) is 0 Å². The smallest absolute Gasteiger partial charge is 0.303 e. The van der Waals surface area contributed by atoms with Gasteiger partial charge in [-0.2, -0.15) is 0 Å². The molecule has 0 aromatic carbocycles. The van der Waals surface area contributed by atoms with E-state index in [0.717, 1.165) is 0 Å². The number of ketones is 2. The Kier molecular flexibility index (Phi) is 2.68. The predicted molar refractivity (Wildman–Crippen MR) is 60.4 cm³/mol. The standard InChI is InChI=1S/C13H16O4/c1-13(2)4-3-8(14)11-7(6-10(16)17)5-9(15)12(11)13/h7H,3-6H2,1-2H3,(H,16,17)/t7-/m0/s1. The van der Waals surface area contributed by atoms with Crippen molar-refractivity contribution in [1.29, 1.82) is 0 Å². The second-order valence-electron chi connectivity index (χ2n) is 5.52. The molecule has 0 aliphatic heterocycles. The highest BCUT2D eigenvalue weighted by atomic mass is 16.4. The van der Waals surface area contributed by atoms with Gasteiger partial charge in [0.15, 0.2) is 11.6 Å². The normalized spacial score (nSPS) is 27.3. The number of hydrogen-bond acceptors (Lipinski definition) is 3. The topological polar surface area (TPSA) is 71.4 Å². The molecule has 2 rings (SSSR count). The summed E-state index contributed by atoms with van der Waals surface area (Å²) in [6, 6.07) is 0. The fraction of sp³-hybridized carbons (Fsp3) is 0.615. The first kappa shape index (κ1) is 12.0. The van der Waals surface area contributed by atoms with Crippen molar-refractivity contribution in [2.45, 2.75) is 39.5 Å². The van der Waals surface area contributed by atoms with Crippen molar-refractivity contribution < 1.29 is 19.5 Å². The van der Waals surface area contributed by atoms with Crippen LogP contribution in [0.15, 0.2) is 11.1 Å². The van der Waals surface area contributed by atoms with Crippen LogP contribution in [0.3, 0.4) is 0 Å². The van der Waals surface area contributed by atoms with E-state index in [1.54, 1.807) is 0 Å². The lowest BCUT2D eigenvalue weighted by atomic mass is 9.71. The van der Waals surface area contributed by atoms with Crippen molar-refractivity contribution in [2.75, 3.05) is 0 Å². The molecule has 0 amide bonds. The van der Waals surface area contributed by atoms with Crippen LogP contribution >= 0.6 is 0 Å². The van der Waals surface area contributed by atoms with Crippen LogP contribution in [0.4, 0.5) is 0 Å². The first-order chi connectivity index (χ1) is 7.83. The number of aliphatic carboxylic acids is 1. The van der Waals surface area contributed by atoms with E-state index >= 15 is 0 Å². The van der Waals surface area contributed by atoms with Crippen LogP contribution in [0.25, 0.3) is 0 Å². The third-order valence-corrected chi connectivity index (χ3v) is 3.76. The van der Waals surface area contributed by atoms with E-state index in [1.807, 2.05) is 13.8 Å². The van der Waals surface area contributed by atoms with Crippen LogP contribution in [0.2, 0.25) is 0 Å².